The third-order valence-corrected chi connectivity index (χ3v) is 4.13. The number of nitrogen functional groups attached to an aromatic ring is 1. The molecule has 1 aromatic rings. The zero-order chi connectivity index (χ0) is 14.8. The maximum absolute atomic E-state index is 11.6. The molecule has 0 saturated carbocycles. The summed E-state index contributed by atoms with van der Waals surface area (Å²) in [6.45, 7) is 3.23. The minimum atomic E-state index is -3.60. The number of hydrogen-bond acceptors (Lipinski definition) is 5. The van der Waals surface area contributed by atoms with Crippen LogP contribution in [0.2, 0.25) is 0 Å². The van der Waals surface area contributed by atoms with Gasteiger partial charge in [0.25, 0.3) is 0 Å². The van der Waals surface area contributed by atoms with Crippen molar-refractivity contribution in [2.24, 2.45) is 5.73 Å². The number of sulfonamides is 1. The van der Waals surface area contributed by atoms with Gasteiger partial charge in [-0.3, -0.25) is 4.79 Å². The number of anilines is 2. The predicted molar refractivity (Wildman–Crippen MR) is 74.0 cm³/mol. The molecule has 8 heteroatoms. The average Bonchev–Trinajstić information content (AvgIpc) is 2.27. The molecule has 19 heavy (non-hydrogen) atoms. The number of carbonyl (C=O) groups excluding carboxylic acids is 1. The Balaban J connectivity index is 3.12. The minimum Gasteiger partial charge on any atom is -0.398 e. The number of benzene rings is 1. The van der Waals surface area contributed by atoms with Crippen LogP contribution in [0.3, 0.4) is 0 Å². The fourth-order valence-electron chi connectivity index (χ4n) is 1.40. The molecule has 1 aromatic carbocycles. The van der Waals surface area contributed by atoms with E-state index >= 15 is 0 Å². The van der Waals surface area contributed by atoms with Gasteiger partial charge < -0.3 is 16.8 Å². The maximum atomic E-state index is 11.6. The van der Waals surface area contributed by atoms with Gasteiger partial charge in [-0.15, -0.1) is 0 Å². The molecule has 0 unspecified atom stereocenters. The molecule has 106 valence electrons. The molecular formula is C11H18N4O3S. The highest BCUT2D eigenvalue weighted by Gasteiger charge is 2.25. The Hall–Kier alpha value is -1.80. The summed E-state index contributed by atoms with van der Waals surface area (Å²) in [7, 11) is -2.30. The number of rotatable bonds is 5. The van der Waals surface area contributed by atoms with Crippen molar-refractivity contribution in [3.8, 4) is 0 Å². The number of hydrogen-bond donors (Lipinski definition) is 4. The molecule has 0 radical (unpaired) electrons. The van der Waals surface area contributed by atoms with Gasteiger partial charge in [0, 0.05) is 5.69 Å². The van der Waals surface area contributed by atoms with Crippen LogP contribution in [0, 0.1) is 0 Å². The molecule has 6 N–H and O–H groups in total. The summed E-state index contributed by atoms with van der Waals surface area (Å²) in [5, 5.41) is 2.89. The van der Waals surface area contributed by atoms with Gasteiger partial charge in [0.05, 0.1) is 5.69 Å². The van der Waals surface area contributed by atoms with Gasteiger partial charge in [-0.25, -0.2) is 13.1 Å². The van der Waals surface area contributed by atoms with Crippen molar-refractivity contribution < 1.29 is 13.2 Å². The summed E-state index contributed by atoms with van der Waals surface area (Å²) in [6, 6.07) is 4.32. The Morgan fingerprint density at radius 3 is 2.32 bits per heavy atom. The molecule has 0 saturated heterocycles. The van der Waals surface area contributed by atoms with E-state index in [0.29, 0.717) is 5.69 Å². The molecule has 0 fully saturated rings. The highest BCUT2D eigenvalue weighted by atomic mass is 32.2. The van der Waals surface area contributed by atoms with Crippen molar-refractivity contribution in [2.75, 3.05) is 18.1 Å². The van der Waals surface area contributed by atoms with Crippen LogP contribution in [0.25, 0.3) is 0 Å². The van der Waals surface area contributed by atoms with E-state index < -0.39 is 21.5 Å². The van der Waals surface area contributed by atoms with Gasteiger partial charge in [0.1, 0.15) is 10.4 Å². The molecule has 0 heterocycles. The van der Waals surface area contributed by atoms with Crippen LogP contribution in [0.15, 0.2) is 23.1 Å². The SMILES string of the molecule is CNS(=O)(=O)c1ccc(NC(C)(C)C(N)=O)cc1N. The van der Waals surface area contributed by atoms with E-state index in [1.807, 2.05) is 0 Å². The number of amides is 1. The first-order chi connectivity index (χ1) is 8.60. The number of nitrogens with one attached hydrogen (secondary N) is 2. The van der Waals surface area contributed by atoms with Crippen LogP contribution in [0.5, 0.6) is 0 Å². The van der Waals surface area contributed by atoms with Crippen LogP contribution >= 0.6 is 0 Å². The Kier molecular flexibility index (Phi) is 4.06. The van der Waals surface area contributed by atoms with Crippen LogP contribution in [0.4, 0.5) is 11.4 Å². The molecular weight excluding hydrogens is 268 g/mol. The van der Waals surface area contributed by atoms with Crippen LogP contribution in [0.1, 0.15) is 13.8 Å². The van der Waals surface area contributed by atoms with Crippen molar-refractivity contribution in [3.63, 3.8) is 0 Å². The van der Waals surface area contributed by atoms with Gasteiger partial charge in [-0.2, -0.15) is 0 Å². The smallest absolute Gasteiger partial charge is 0.242 e. The third kappa shape index (κ3) is 3.36. The zero-order valence-corrected chi connectivity index (χ0v) is 11.8. The monoisotopic (exact) mass is 286 g/mol. The average molecular weight is 286 g/mol. The third-order valence-electron chi connectivity index (χ3n) is 2.64. The number of carbonyl (C=O) groups is 1. The van der Waals surface area contributed by atoms with E-state index in [9.17, 15) is 13.2 Å². The molecule has 1 rings (SSSR count). The lowest BCUT2D eigenvalue weighted by molar-refractivity contribution is -0.121. The van der Waals surface area contributed by atoms with E-state index in [1.165, 1.54) is 25.2 Å². The molecule has 0 spiro atoms. The van der Waals surface area contributed by atoms with Gasteiger partial charge in [-0.1, -0.05) is 0 Å². The molecule has 0 atom stereocenters. The van der Waals surface area contributed by atoms with Crippen molar-refractivity contribution in [1.82, 2.24) is 4.72 Å². The fraction of sp³-hybridized carbons (Fsp3) is 0.364. The normalized spacial score (nSPS) is 12.2. The van der Waals surface area contributed by atoms with Crippen LogP contribution in [-0.2, 0) is 14.8 Å². The minimum absolute atomic E-state index is 0.0163. The summed E-state index contributed by atoms with van der Waals surface area (Å²) in [5.41, 5.74) is 10.6. The Labute approximate surface area is 112 Å². The molecule has 0 aliphatic heterocycles. The number of primary amides is 1. The summed E-state index contributed by atoms with van der Waals surface area (Å²) in [5.74, 6) is -0.530. The van der Waals surface area contributed by atoms with Gasteiger partial charge in [0.15, 0.2) is 0 Å². The largest absolute Gasteiger partial charge is 0.398 e. The first kappa shape index (κ1) is 15.3. The highest BCUT2D eigenvalue weighted by molar-refractivity contribution is 7.89. The standard InChI is InChI=1S/C11H18N4O3S/c1-11(2,10(13)16)15-7-4-5-9(8(12)6-7)19(17,18)14-3/h4-6,14-15H,12H2,1-3H3,(H2,13,16). The van der Waals surface area contributed by atoms with E-state index in [4.69, 9.17) is 11.5 Å². The first-order valence-electron chi connectivity index (χ1n) is 5.51. The molecule has 1 amide bonds. The lowest BCUT2D eigenvalue weighted by Gasteiger charge is -2.24. The topological polar surface area (TPSA) is 127 Å². The Bertz CT molecular complexity index is 596. The van der Waals surface area contributed by atoms with E-state index in [2.05, 4.69) is 10.0 Å². The Morgan fingerprint density at radius 1 is 1.32 bits per heavy atom. The predicted octanol–water partition coefficient (Wildman–Crippen LogP) is -0.147. The van der Waals surface area contributed by atoms with Gasteiger partial charge >= 0.3 is 0 Å². The van der Waals surface area contributed by atoms with Crippen molar-refractivity contribution in [1.29, 1.82) is 0 Å². The van der Waals surface area contributed by atoms with Crippen molar-refractivity contribution >= 4 is 27.3 Å². The summed E-state index contributed by atoms with van der Waals surface area (Å²) in [4.78, 5) is 11.2. The van der Waals surface area contributed by atoms with Crippen molar-refractivity contribution in [2.45, 2.75) is 24.3 Å². The van der Waals surface area contributed by atoms with Gasteiger partial charge in [-0.05, 0) is 39.1 Å². The van der Waals surface area contributed by atoms with Crippen LogP contribution < -0.4 is 21.5 Å². The second-order valence-electron chi connectivity index (χ2n) is 4.57. The van der Waals surface area contributed by atoms with Crippen molar-refractivity contribution in [3.05, 3.63) is 18.2 Å². The molecule has 7 nitrogen and oxygen atoms in total. The maximum Gasteiger partial charge on any atom is 0.242 e. The lowest BCUT2D eigenvalue weighted by atomic mass is 10.0. The molecule has 0 bridgehead atoms. The quantitative estimate of drug-likeness (QED) is 0.560. The second-order valence-corrected chi connectivity index (χ2v) is 6.43. The second kappa shape index (κ2) is 5.06. The Morgan fingerprint density at radius 2 is 1.89 bits per heavy atom. The summed E-state index contributed by atoms with van der Waals surface area (Å²) < 4.78 is 25.5. The lowest BCUT2D eigenvalue weighted by Crippen LogP contribution is -2.45. The van der Waals surface area contributed by atoms with E-state index in [-0.39, 0.29) is 10.6 Å². The molecule has 0 aromatic heterocycles. The fourth-order valence-corrected chi connectivity index (χ4v) is 2.24. The molecule has 0 aliphatic carbocycles. The molecule has 0 aliphatic rings. The summed E-state index contributed by atoms with van der Waals surface area (Å²) >= 11 is 0. The zero-order valence-electron chi connectivity index (χ0n) is 11.0. The van der Waals surface area contributed by atoms with Crippen LogP contribution in [-0.4, -0.2) is 26.9 Å². The van der Waals surface area contributed by atoms with E-state index in [0.717, 1.165) is 0 Å². The van der Waals surface area contributed by atoms with E-state index in [1.54, 1.807) is 13.8 Å². The number of nitrogens with two attached hydrogens (primary N) is 2. The summed E-state index contributed by atoms with van der Waals surface area (Å²) in [6.07, 6.45) is 0. The first-order valence-corrected chi connectivity index (χ1v) is 6.99. The highest BCUT2D eigenvalue weighted by Crippen LogP contribution is 2.24. The van der Waals surface area contributed by atoms with Gasteiger partial charge in [0.2, 0.25) is 15.9 Å².